The SMILES string of the molecule is CCCCCCC(C)(C)c1cc(O)c([C@H]2CC(O)[C@H]3C[C@@H]2C3(C)C)c(O)c1. The molecule has 3 fully saturated rings. The zero-order valence-electron chi connectivity index (χ0n) is 17.8. The molecule has 0 spiro atoms. The number of phenols is 2. The average Bonchev–Trinajstić information content (AvgIpc) is 2.57. The van der Waals surface area contributed by atoms with Gasteiger partial charge in [0.25, 0.3) is 0 Å². The third-order valence-electron chi connectivity index (χ3n) is 7.81. The van der Waals surface area contributed by atoms with E-state index in [0.717, 1.165) is 24.8 Å². The molecule has 152 valence electrons. The van der Waals surface area contributed by atoms with Gasteiger partial charge in [0.1, 0.15) is 11.5 Å². The first-order valence-electron chi connectivity index (χ1n) is 10.8. The molecule has 4 atom stereocenters. The van der Waals surface area contributed by atoms with Gasteiger partial charge in [0.05, 0.1) is 6.10 Å². The smallest absolute Gasteiger partial charge is 0.123 e. The van der Waals surface area contributed by atoms with Crippen LogP contribution in [0.15, 0.2) is 12.1 Å². The molecular weight excluding hydrogens is 336 g/mol. The van der Waals surface area contributed by atoms with E-state index in [9.17, 15) is 15.3 Å². The molecule has 1 aromatic rings. The second-order valence-electron chi connectivity index (χ2n) is 10.3. The van der Waals surface area contributed by atoms with Gasteiger partial charge in [-0.1, -0.05) is 60.3 Å². The molecule has 2 bridgehead atoms. The van der Waals surface area contributed by atoms with E-state index in [-0.39, 0.29) is 34.4 Å². The summed E-state index contributed by atoms with van der Waals surface area (Å²) in [5.41, 5.74) is 1.64. The number of aliphatic hydroxyl groups is 1. The molecule has 1 unspecified atom stereocenters. The number of aliphatic hydroxyl groups excluding tert-OH is 1. The number of rotatable bonds is 7. The molecule has 27 heavy (non-hydrogen) atoms. The maximum atomic E-state index is 10.8. The van der Waals surface area contributed by atoms with E-state index in [4.69, 9.17) is 0 Å². The predicted octanol–water partition coefficient (Wildman–Crippen LogP) is 5.86. The van der Waals surface area contributed by atoms with Crippen LogP contribution in [0, 0.1) is 17.3 Å². The molecule has 1 aromatic carbocycles. The van der Waals surface area contributed by atoms with Crippen molar-refractivity contribution in [2.24, 2.45) is 17.3 Å². The molecule has 3 heteroatoms. The first-order chi connectivity index (χ1) is 12.6. The van der Waals surface area contributed by atoms with E-state index in [1.54, 1.807) is 0 Å². The normalized spacial score (nSPS) is 29.4. The van der Waals surface area contributed by atoms with Crippen LogP contribution in [0.5, 0.6) is 11.5 Å². The fourth-order valence-electron chi connectivity index (χ4n) is 5.77. The lowest BCUT2D eigenvalue weighted by atomic mass is 9.44. The van der Waals surface area contributed by atoms with Crippen LogP contribution in [0.2, 0.25) is 0 Å². The Hall–Kier alpha value is -1.22. The number of phenolic OH excluding ortho intramolecular Hbond substituents is 2. The van der Waals surface area contributed by atoms with Crippen LogP contribution in [0.25, 0.3) is 0 Å². The van der Waals surface area contributed by atoms with Crippen molar-refractivity contribution in [3.05, 3.63) is 23.3 Å². The van der Waals surface area contributed by atoms with Gasteiger partial charge in [-0.05, 0) is 65.5 Å². The quantitative estimate of drug-likeness (QED) is 0.524. The molecule has 3 nitrogen and oxygen atoms in total. The van der Waals surface area contributed by atoms with Gasteiger partial charge in [-0.25, -0.2) is 0 Å². The van der Waals surface area contributed by atoms with Crippen molar-refractivity contribution >= 4 is 0 Å². The Morgan fingerprint density at radius 2 is 1.63 bits per heavy atom. The van der Waals surface area contributed by atoms with Gasteiger partial charge in [-0.2, -0.15) is 0 Å². The summed E-state index contributed by atoms with van der Waals surface area (Å²) in [7, 11) is 0. The summed E-state index contributed by atoms with van der Waals surface area (Å²) >= 11 is 0. The first-order valence-corrected chi connectivity index (χ1v) is 10.8. The minimum Gasteiger partial charge on any atom is -0.508 e. The predicted molar refractivity (Wildman–Crippen MR) is 110 cm³/mol. The van der Waals surface area contributed by atoms with Crippen LogP contribution in [0.3, 0.4) is 0 Å². The molecule has 0 saturated heterocycles. The topological polar surface area (TPSA) is 60.7 Å². The third-order valence-corrected chi connectivity index (χ3v) is 7.81. The highest BCUT2D eigenvalue weighted by Crippen LogP contribution is 2.65. The lowest BCUT2D eigenvalue weighted by molar-refractivity contribution is -0.152. The second-order valence-corrected chi connectivity index (χ2v) is 10.3. The largest absolute Gasteiger partial charge is 0.508 e. The summed E-state index contributed by atoms with van der Waals surface area (Å²) in [5.74, 6) is 1.19. The van der Waals surface area contributed by atoms with Gasteiger partial charge in [-0.15, -0.1) is 0 Å². The summed E-state index contributed by atoms with van der Waals surface area (Å²) in [5, 5.41) is 32.2. The summed E-state index contributed by atoms with van der Waals surface area (Å²) in [4.78, 5) is 0. The summed E-state index contributed by atoms with van der Waals surface area (Å²) in [6.45, 7) is 11.0. The number of aromatic hydroxyl groups is 2. The zero-order valence-corrected chi connectivity index (χ0v) is 17.8. The average molecular weight is 375 g/mol. The van der Waals surface area contributed by atoms with Gasteiger partial charge in [0.2, 0.25) is 0 Å². The van der Waals surface area contributed by atoms with E-state index in [0.29, 0.717) is 23.8 Å². The number of unbranched alkanes of at least 4 members (excludes halogenated alkanes) is 3. The molecule has 3 N–H and O–H groups in total. The van der Waals surface area contributed by atoms with Gasteiger partial charge in [0.15, 0.2) is 0 Å². The molecule has 0 aromatic heterocycles. The Balaban J connectivity index is 1.83. The fraction of sp³-hybridized carbons (Fsp3) is 0.750. The van der Waals surface area contributed by atoms with Gasteiger partial charge < -0.3 is 15.3 Å². The number of benzene rings is 1. The van der Waals surface area contributed by atoms with E-state index >= 15 is 0 Å². The minimum absolute atomic E-state index is 0.0294. The maximum absolute atomic E-state index is 10.8. The van der Waals surface area contributed by atoms with E-state index in [1.807, 2.05) is 12.1 Å². The molecule has 0 heterocycles. The Morgan fingerprint density at radius 1 is 1.00 bits per heavy atom. The highest BCUT2D eigenvalue weighted by atomic mass is 16.3. The summed E-state index contributed by atoms with van der Waals surface area (Å²) < 4.78 is 0. The van der Waals surface area contributed by atoms with E-state index in [1.165, 1.54) is 19.3 Å². The lowest BCUT2D eigenvalue weighted by Gasteiger charge is -2.62. The molecule has 3 aliphatic carbocycles. The van der Waals surface area contributed by atoms with Crippen LogP contribution in [-0.4, -0.2) is 21.4 Å². The fourth-order valence-corrected chi connectivity index (χ4v) is 5.77. The van der Waals surface area contributed by atoms with Crippen molar-refractivity contribution in [3.8, 4) is 11.5 Å². The highest BCUT2D eigenvalue weighted by Gasteiger charge is 2.59. The first kappa shape index (κ1) is 20.5. The van der Waals surface area contributed by atoms with Crippen molar-refractivity contribution in [1.29, 1.82) is 0 Å². The standard InChI is InChI=1S/C24H38O3/c1-6-7-8-9-10-23(2,3)15-11-20(26)22(21(27)12-15)16-13-19(25)18-14-17(16)24(18,4)5/h11-12,16-19,25-27H,6-10,13-14H2,1-5H3/t16-,17-,18+,19?/m0/s1. The highest BCUT2D eigenvalue weighted by molar-refractivity contribution is 5.51. The van der Waals surface area contributed by atoms with Crippen molar-refractivity contribution < 1.29 is 15.3 Å². The Morgan fingerprint density at radius 3 is 2.15 bits per heavy atom. The molecule has 4 rings (SSSR count). The Bertz CT molecular complexity index is 653. The van der Waals surface area contributed by atoms with Crippen LogP contribution in [0.1, 0.15) is 96.6 Å². The van der Waals surface area contributed by atoms with Crippen molar-refractivity contribution in [2.45, 2.75) is 97.0 Å². The minimum atomic E-state index is -0.344. The van der Waals surface area contributed by atoms with Crippen molar-refractivity contribution in [2.75, 3.05) is 0 Å². The molecular formula is C24H38O3. The van der Waals surface area contributed by atoms with Crippen LogP contribution in [0.4, 0.5) is 0 Å². The number of fused-ring (bicyclic) bond motifs is 2. The lowest BCUT2D eigenvalue weighted by Crippen LogP contribution is -2.57. The summed E-state index contributed by atoms with van der Waals surface area (Å²) in [6.07, 6.45) is 7.20. The second kappa shape index (κ2) is 7.31. The maximum Gasteiger partial charge on any atom is 0.123 e. The molecule has 0 aliphatic heterocycles. The van der Waals surface area contributed by atoms with Gasteiger partial charge in [0, 0.05) is 5.56 Å². The third kappa shape index (κ3) is 3.60. The van der Waals surface area contributed by atoms with Crippen LogP contribution < -0.4 is 0 Å². The van der Waals surface area contributed by atoms with Crippen LogP contribution in [-0.2, 0) is 5.41 Å². The van der Waals surface area contributed by atoms with Gasteiger partial charge >= 0.3 is 0 Å². The van der Waals surface area contributed by atoms with E-state index < -0.39 is 0 Å². The van der Waals surface area contributed by atoms with Crippen molar-refractivity contribution in [1.82, 2.24) is 0 Å². The number of hydrogen-bond acceptors (Lipinski definition) is 3. The number of hydrogen-bond donors (Lipinski definition) is 3. The molecule has 3 aliphatic rings. The van der Waals surface area contributed by atoms with E-state index in [2.05, 4.69) is 34.6 Å². The zero-order chi connectivity index (χ0) is 20.0. The molecule has 0 amide bonds. The molecule has 3 saturated carbocycles. The Kier molecular flexibility index (Phi) is 5.55. The summed E-state index contributed by atoms with van der Waals surface area (Å²) in [6, 6.07) is 3.72. The van der Waals surface area contributed by atoms with Crippen molar-refractivity contribution in [3.63, 3.8) is 0 Å². The van der Waals surface area contributed by atoms with Gasteiger partial charge in [-0.3, -0.25) is 0 Å². The van der Waals surface area contributed by atoms with Crippen LogP contribution >= 0.6 is 0 Å². The monoisotopic (exact) mass is 374 g/mol. The molecule has 0 radical (unpaired) electrons. The Labute approximate surface area is 164 Å².